The molecule has 2 N–H and O–H groups in total. The number of nitrogens with one attached hydrogen (secondary N) is 2. The first kappa shape index (κ1) is 16.0. The second-order valence-corrected chi connectivity index (χ2v) is 6.62. The van der Waals surface area contributed by atoms with Crippen LogP contribution >= 0.6 is 0 Å². The summed E-state index contributed by atoms with van der Waals surface area (Å²) in [5, 5.41) is 6.27. The third-order valence-electron chi connectivity index (χ3n) is 4.95. The van der Waals surface area contributed by atoms with Gasteiger partial charge >= 0.3 is 6.03 Å². The summed E-state index contributed by atoms with van der Waals surface area (Å²) >= 11 is 0. The molecular weight excluding hydrogens is 325 g/mol. The zero-order valence-electron chi connectivity index (χ0n) is 14.0. The average molecular weight is 345 g/mol. The third-order valence-corrected chi connectivity index (χ3v) is 4.95. The summed E-state index contributed by atoms with van der Waals surface area (Å²) in [4.78, 5) is 29.4. The Bertz CT molecular complexity index is 849. The summed E-state index contributed by atoms with van der Waals surface area (Å²) in [5.41, 5.74) is 2.35. The summed E-state index contributed by atoms with van der Waals surface area (Å²) in [6, 6.07) is 1.22. The number of pyridine rings is 1. The van der Waals surface area contributed by atoms with Crippen LogP contribution in [0.15, 0.2) is 18.5 Å². The Morgan fingerprint density at radius 2 is 2.20 bits per heavy atom. The predicted octanol–water partition coefficient (Wildman–Crippen LogP) is 1.66. The normalized spacial score (nSPS) is 24.6. The smallest absolute Gasteiger partial charge is 0.326 e. The van der Waals surface area contributed by atoms with E-state index >= 15 is 0 Å². The number of rotatable bonds is 2. The van der Waals surface area contributed by atoms with Crippen molar-refractivity contribution < 1.29 is 14.0 Å². The summed E-state index contributed by atoms with van der Waals surface area (Å²) in [6.07, 6.45) is 3.57. The van der Waals surface area contributed by atoms with Crippen LogP contribution in [0.2, 0.25) is 0 Å². The second kappa shape index (κ2) is 6.11. The van der Waals surface area contributed by atoms with E-state index in [2.05, 4.69) is 15.6 Å². The molecule has 0 unspecified atom stereocenters. The van der Waals surface area contributed by atoms with Crippen molar-refractivity contribution in [1.29, 1.82) is 0 Å². The van der Waals surface area contributed by atoms with Crippen molar-refractivity contribution >= 4 is 28.7 Å². The first-order valence-corrected chi connectivity index (χ1v) is 8.48. The Kier molecular flexibility index (Phi) is 3.91. The molecule has 0 aliphatic carbocycles. The number of piperidine rings is 1. The second-order valence-electron chi connectivity index (χ2n) is 6.62. The van der Waals surface area contributed by atoms with Gasteiger partial charge in [-0.2, -0.15) is 0 Å². The van der Waals surface area contributed by atoms with Crippen LogP contribution in [0, 0.1) is 6.92 Å². The monoisotopic (exact) mass is 345 g/mol. The highest BCUT2D eigenvalue weighted by molar-refractivity contribution is 6.06. The third kappa shape index (κ3) is 2.76. The fourth-order valence-electron chi connectivity index (χ4n) is 3.61. The lowest BCUT2D eigenvalue weighted by atomic mass is 10.0. The van der Waals surface area contributed by atoms with E-state index in [4.69, 9.17) is 0 Å². The number of urea groups is 1. The van der Waals surface area contributed by atoms with E-state index in [9.17, 15) is 14.0 Å². The van der Waals surface area contributed by atoms with Crippen LogP contribution in [0.25, 0.3) is 11.0 Å². The van der Waals surface area contributed by atoms with Crippen LogP contribution in [0.4, 0.5) is 14.9 Å². The van der Waals surface area contributed by atoms with Crippen molar-refractivity contribution in [3.05, 3.63) is 24.0 Å². The van der Waals surface area contributed by atoms with Crippen LogP contribution in [-0.4, -0.2) is 47.3 Å². The maximum atomic E-state index is 14.3. The number of carbonyl (C=O) groups excluding carboxylic acids is 2. The number of hydrogen-bond donors (Lipinski definition) is 2. The van der Waals surface area contributed by atoms with Crippen molar-refractivity contribution in [3.8, 4) is 0 Å². The molecule has 0 bridgehead atoms. The Morgan fingerprint density at radius 1 is 1.36 bits per heavy atom. The lowest BCUT2D eigenvalue weighted by molar-refractivity contribution is -0.120. The topological polar surface area (TPSA) is 79.3 Å². The molecule has 4 rings (SSSR count). The number of nitrogens with zero attached hydrogens (tertiary/aromatic N) is 3. The van der Waals surface area contributed by atoms with Gasteiger partial charge < -0.3 is 9.88 Å². The van der Waals surface area contributed by atoms with Crippen molar-refractivity contribution in [1.82, 2.24) is 20.2 Å². The Labute approximate surface area is 144 Å². The number of aromatic nitrogens is 2. The molecule has 7 nitrogen and oxygen atoms in total. The molecule has 2 fully saturated rings. The zero-order valence-corrected chi connectivity index (χ0v) is 14.0. The van der Waals surface area contributed by atoms with Crippen molar-refractivity contribution in [3.63, 3.8) is 0 Å². The van der Waals surface area contributed by atoms with Gasteiger partial charge in [0.15, 0.2) is 0 Å². The lowest BCUT2D eigenvalue weighted by Gasteiger charge is -2.28. The van der Waals surface area contributed by atoms with Gasteiger partial charge in [0.25, 0.3) is 0 Å². The van der Waals surface area contributed by atoms with Gasteiger partial charge in [-0.25, -0.2) is 14.2 Å². The number of imide groups is 1. The molecule has 0 saturated carbocycles. The molecular formula is C17H20FN5O2. The van der Waals surface area contributed by atoms with Crippen LogP contribution in [0.5, 0.6) is 0 Å². The van der Waals surface area contributed by atoms with E-state index in [0.29, 0.717) is 25.2 Å². The fraction of sp³-hybridized carbons (Fsp3) is 0.471. The number of halogens is 1. The Hall–Kier alpha value is -2.48. The number of hydrogen-bond acceptors (Lipinski definition) is 4. The highest BCUT2D eigenvalue weighted by atomic mass is 19.1. The van der Waals surface area contributed by atoms with Gasteiger partial charge in [-0.3, -0.25) is 15.0 Å². The molecule has 25 heavy (non-hydrogen) atoms. The van der Waals surface area contributed by atoms with Gasteiger partial charge in [-0.05, 0) is 31.5 Å². The van der Waals surface area contributed by atoms with E-state index < -0.39 is 12.2 Å². The van der Waals surface area contributed by atoms with Crippen LogP contribution < -0.4 is 15.5 Å². The fourth-order valence-corrected chi connectivity index (χ4v) is 3.61. The molecule has 2 saturated heterocycles. The van der Waals surface area contributed by atoms with E-state index in [1.165, 1.54) is 4.90 Å². The lowest BCUT2D eigenvalue weighted by Crippen LogP contribution is -2.49. The number of aryl methyl sites for hydroxylation is 1. The van der Waals surface area contributed by atoms with Crippen LogP contribution in [0.1, 0.15) is 24.4 Å². The molecule has 2 aliphatic heterocycles. The van der Waals surface area contributed by atoms with Crippen molar-refractivity contribution in [2.45, 2.75) is 32.0 Å². The van der Waals surface area contributed by atoms with Crippen molar-refractivity contribution in [2.75, 3.05) is 24.5 Å². The molecule has 4 heterocycles. The number of fused-ring (bicyclic) bond motifs is 1. The van der Waals surface area contributed by atoms with Gasteiger partial charge in [0, 0.05) is 31.1 Å². The summed E-state index contributed by atoms with van der Waals surface area (Å²) in [7, 11) is 0. The van der Waals surface area contributed by atoms with E-state index in [1.807, 2.05) is 23.8 Å². The van der Waals surface area contributed by atoms with E-state index in [0.717, 1.165) is 23.1 Å². The van der Waals surface area contributed by atoms with Crippen molar-refractivity contribution in [2.24, 2.45) is 0 Å². The van der Waals surface area contributed by atoms with E-state index in [-0.39, 0.29) is 18.4 Å². The highest BCUT2D eigenvalue weighted by Crippen LogP contribution is 2.31. The van der Waals surface area contributed by atoms with Crippen LogP contribution in [-0.2, 0) is 4.79 Å². The molecule has 0 radical (unpaired) electrons. The summed E-state index contributed by atoms with van der Waals surface area (Å²) in [6.45, 7) is 3.42. The quantitative estimate of drug-likeness (QED) is 0.868. The average Bonchev–Trinajstić information content (AvgIpc) is 2.92. The zero-order chi connectivity index (χ0) is 17.6. The first-order chi connectivity index (χ1) is 12.0. The minimum atomic E-state index is -0.955. The summed E-state index contributed by atoms with van der Waals surface area (Å²) in [5.74, 6) is -0.266. The Morgan fingerprint density at radius 3 is 2.96 bits per heavy atom. The predicted molar refractivity (Wildman–Crippen MR) is 91.4 cm³/mol. The van der Waals surface area contributed by atoms with Gasteiger partial charge in [0.2, 0.25) is 5.91 Å². The molecule has 2 aromatic rings. The minimum absolute atomic E-state index is 0.230. The van der Waals surface area contributed by atoms with Gasteiger partial charge in [0.1, 0.15) is 11.8 Å². The maximum Gasteiger partial charge on any atom is 0.328 e. The molecule has 2 atom stereocenters. The molecule has 3 amide bonds. The molecule has 2 aromatic heterocycles. The Balaban J connectivity index is 1.71. The highest BCUT2D eigenvalue weighted by Gasteiger charge is 2.29. The van der Waals surface area contributed by atoms with E-state index in [1.54, 1.807) is 6.20 Å². The van der Waals surface area contributed by atoms with Gasteiger partial charge in [0.05, 0.1) is 17.9 Å². The molecule has 0 aromatic carbocycles. The number of carbonyl (C=O) groups is 2. The first-order valence-electron chi connectivity index (χ1n) is 8.48. The number of amides is 3. The largest absolute Gasteiger partial charge is 0.328 e. The standard InChI is InChI=1S/C17H20FN5O2/c1-10-9-23(14-2-4-19-8-13(14)18)16-12(10)6-11(7-20-16)22-5-3-15(24)21-17(22)25/h6-7,9,13-14,19H,2-5,8H2,1H3,(H,21,24,25)/t13-,14+/m1/s1. The maximum absolute atomic E-state index is 14.3. The molecule has 132 valence electrons. The van der Waals surface area contributed by atoms with Crippen LogP contribution in [0.3, 0.4) is 0 Å². The van der Waals surface area contributed by atoms with Gasteiger partial charge in [-0.1, -0.05) is 0 Å². The SMILES string of the molecule is Cc1cn([C@H]2CCNC[C@H]2F)c2ncc(N3CCC(=O)NC3=O)cc12. The summed E-state index contributed by atoms with van der Waals surface area (Å²) < 4.78 is 16.2. The molecule has 8 heteroatoms. The molecule has 0 spiro atoms. The molecule has 2 aliphatic rings. The van der Waals surface area contributed by atoms with Gasteiger partial charge in [-0.15, -0.1) is 0 Å². The minimum Gasteiger partial charge on any atom is -0.326 e. The number of alkyl halides is 1. The number of anilines is 1.